The van der Waals surface area contributed by atoms with Gasteiger partial charge in [0.05, 0.1) is 10.4 Å². The number of alkyl halides is 1. The first kappa shape index (κ1) is 10.8. The highest BCUT2D eigenvalue weighted by Gasteiger charge is 2.15. The fourth-order valence-corrected chi connectivity index (χ4v) is 2.23. The molecule has 0 bridgehead atoms. The summed E-state index contributed by atoms with van der Waals surface area (Å²) in [6.45, 7) is 4.11. The smallest absolute Gasteiger partial charge is 0.248 e. The van der Waals surface area contributed by atoms with E-state index in [1.165, 1.54) is 5.56 Å². The number of thiophene rings is 1. The summed E-state index contributed by atoms with van der Waals surface area (Å²) in [6.07, 6.45) is 0.935. The lowest BCUT2D eigenvalue weighted by Crippen LogP contribution is -1.86. The molecule has 0 amide bonds. The van der Waals surface area contributed by atoms with Crippen LogP contribution in [0.2, 0.25) is 0 Å². The number of halogens is 1. The summed E-state index contributed by atoms with van der Waals surface area (Å²) in [7, 11) is 0. The number of hydrogen-bond acceptors (Lipinski definition) is 4. The average molecular weight is 287 g/mol. The van der Waals surface area contributed by atoms with Crippen LogP contribution in [-0.4, -0.2) is 10.2 Å². The molecule has 2 rings (SSSR count). The molecule has 2 aromatic rings. The summed E-state index contributed by atoms with van der Waals surface area (Å²) in [5.74, 6) is 1.26. The minimum Gasteiger partial charge on any atom is -0.419 e. The van der Waals surface area contributed by atoms with Crippen LogP contribution in [0.15, 0.2) is 15.2 Å². The van der Waals surface area contributed by atoms with Crippen LogP contribution in [0.25, 0.3) is 11.5 Å². The molecule has 0 aliphatic heterocycles. The largest absolute Gasteiger partial charge is 0.419 e. The van der Waals surface area contributed by atoms with Crippen molar-refractivity contribution in [2.24, 2.45) is 0 Å². The molecule has 0 saturated heterocycles. The zero-order chi connectivity index (χ0) is 10.8. The molecule has 0 N–H and O–H groups in total. The second-order valence-corrected chi connectivity index (χ2v) is 5.14. The fourth-order valence-electron chi connectivity index (χ4n) is 1.22. The molecule has 2 heterocycles. The van der Waals surface area contributed by atoms with Gasteiger partial charge in [-0.25, -0.2) is 0 Å². The van der Waals surface area contributed by atoms with Crippen molar-refractivity contribution in [3.05, 3.63) is 22.2 Å². The molecule has 1 atom stereocenters. The van der Waals surface area contributed by atoms with Gasteiger partial charge in [-0.2, -0.15) is 11.3 Å². The molecule has 0 spiro atoms. The van der Waals surface area contributed by atoms with Crippen molar-refractivity contribution in [1.29, 1.82) is 0 Å². The molecule has 80 valence electrons. The highest BCUT2D eigenvalue weighted by Crippen LogP contribution is 2.30. The highest BCUT2D eigenvalue weighted by atomic mass is 79.9. The zero-order valence-corrected chi connectivity index (χ0v) is 10.9. The van der Waals surface area contributed by atoms with E-state index in [0.717, 1.165) is 12.0 Å². The van der Waals surface area contributed by atoms with Crippen LogP contribution in [-0.2, 0) is 0 Å². The summed E-state index contributed by atoms with van der Waals surface area (Å²) in [5.41, 5.74) is 2.22. The number of rotatable bonds is 3. The van der Waals surface area contributed by atoms with E-state index in [-0.39, 0.29) is 4.83 Å². The second-order valence-electron chi connectivity index (χ2n) is 3.29. The monoisotopic (exact) mass is 286 g/mol. The van der Waals surface area contributed by atoms with Crippen molar-refractivity contribution >= 4 is 27.3 Å². The first-order valence-corrected chi connectivity index (χ1v) is 6.58. The van der Waals surface area contributed by atoms with Crippen molar-refractivity contribution in [3.63, 3.8) is 0 Å². The first-order valence-electron chi connectivity index (χ1n) is 4.73. The summed E-state index contributed by atoms with van der Waals surface area (Å²) in [5, 5.41) is 12.2. The van der Waals surface area contributed by atoms with Crippen molar-refractivity contribution in [3.8, 4) is 11.5 Å². The van der Waals surface area contributed by atoms with Gasteiger partial charge in [0.1, 0.15) is 0 Å². The number of nitrogens with zero attached hydrogens (tertiary/aromatic N) is 2. The summed E-state index contributed by atoms with van der Waals surface area (Å²) < 4.78 is 5.60. The minimum absolute atomic E-state index is 0.151. The van der Waals surface area contributed by atoms with Gasteiger partial charge in [-0.15, -0.1) is 10.2 Å². The Hall–Kier alpha value is -0.680. The second kappa shape index (κ2) is 4.45. The Balaban J connectivity index is 2.32. The maximum absolute atomic E-state index is 5.60. The molecule has 0 aromatic carbocycles. The molecule has 0 saturated carbocycles. The van der Waals surface area contributed by atoms with E-state index < -0.39 is 0 Å². The van der Waals surface area contributed by atoms with Gasteiger partial charge < -0.3 is 4.42 Å². The fraction of sp³-hybridized carbons (Fsp3) is 0.400. The van der Waals surface area contributed by atoms with E-state index in [4.69, 9.17) is 4.42 Å². The molecule has 0 radical (unpaired) electrons. The number of hydrogen-bond donors (Lipinski definition) is 0. The maximum Gasteiger partial charge on any atom is 0.248 e. The van der Waals surface area contributed by atoms with E-state index in [0.29, 0.717) is 11.8 Å². The van der Waals surface area contributed by atoms with Gasteiger partial charge in [0.25, 0.3) is 0 Å². The van der Waals surface area contributed by atoms with Crippen LogP contribution >= 0.6 is 27.3 Å². The Morgan fingerprint density at radius 3 is 2.87 bits per heavy atom. The highest BCUT2D eigenvalue weighted by molar-refractivity contribution is 9.09. The van der Waals surface area contributed by atoms with Gasteiger partial charge in [0, 0.05) is 5.38 Å². The van der Waals surface area contributed by atoms with Gasteiger partial charge in [0.15, 0.2) is 0 Å². The van der Waals surface area contributed by atoms with Gasteiger partial charge in [-0.05, 0) is 24.3 Å². The molecular weight excluding hydrogens is 276 g/mol. The number of aromatic nitrogens is 2. The molecule has 1 unspecified atom stereocenters. The molecule has 2 aromatic heterocycles. The Morgan fingerprint density at radius 2 is 2.27 bits per heavy atom. The van der Waals surface area contributed by atoms with Gasteiger partial charge in [-0.1, -0.05) is 22.9 Å². The standard InChI is InChI=1S/C10H11BrN2OS/c1-3-8(11)10-13-12-9(14-10)7-5-15-4-6(7)2/h4-5,8H,3H2,1-2H3. The lowest BCUT2D eigenvalue weighted by Gasteiger charge is -1.97. The van der Waals surface area contributed by atoms with Gasteiger partial charge >= 0.3 is 0 Å². The van der Waals surface area contributed by atoms with Crippen LogP contribution in [0.5, 0.6) is 0 Å². The summed E-state index contributed by atoms with van der Waals surface area (Å²) in [6, 6.07) is 0. The van der Waals surface area contributed by atoms with Gasteiger partial charge in [-0.3, -0.25) is 0 Å². The van der Waals surface area contributed by atoms with Gasteiger partial charge in [0.2, 0.25) is 11.8 Å². The van der Waals surface area contributed by atoms with Crippen LogP contribution in [0.1, 0.15) is 29.6 Å². The van der Waals surface area contributed by atoms with E-state index in [1.54, 1.807) is 11.3 Å². The van der Waals surface area contributed by atoms with Crippen molar-refractivity contribution < 1.29 is 4.42 Å². The topological polar surface area (TPSA) is 38.9 Å². The van der Waals surface area contributed by atoms with Crippen molar-refractivity contribution in [2.45, 2.75) is 25.1 Å². The maximum atomic E-state index is 5.60. The first-order chi connectivity index (χ1) is 7.22. The van der Waals surface area contributed by atoms with Crippen LogP contribution in [0.3, 0.4) is 0 Å². The minimum atomic E-state index is 0.151. The third kappa shape index (κ3) is 2.13. The molecule has 0 fully saturated rings. The summed E-state index contributed by atoms with van der Waals surface area (Å²) in [4.78, 5) is 0.151. The Morgan fingerprint density at radius 1 is 1.47 bits per heavy atom. The third-order valence-corrected chi connectivity index (χ3v) is 4.05. The molecule has 0 aliphatic rings. The molecule has 0 aliphatic carbocycles. The van der Waals surface area contributed by atoms with Crippen molar-refractivity contribution in [2.75, 3.05) is 0 Å². The molecular formula is C10H11BrN2OS. The lowest BCUT2D eigenvalue weighted by atomic mass is 10.2. The Bertz CT molecular complexity index is 452. The van der Waals surface area contributed by atoms with E-state index in [1.807, 2.05) is 12.3 Å². The average Bonchev–Trinajstić information content (AvgIpc) is 2.84. The Labute approximate surface area is 101 Å². The predicted molar refractivity (Wildman–Crippen MR) is 64.3 cm³/mol. The van der Waals surface area contributed by atoms with Crippen LogP contribution in [0.4, 0.5) is 0 Å². The van der Waals surface area contributed by atoms with E-state index in [9.17, 15) is 0 Å². The molecule has 15 heavy (non-hydrogen) atoms. The van der Waals surface area contributed by atoms with Crippen LogP contribution < -0.4 is 0 Å². The molecule has 5 heteroatoms. The lowest BCUT2D eigenvalue weighted by molar-refractivity contribution is 0.500. The Kier molecular flexibility index (Phi) is 3.21. The van der Waals surface area contributed by atoms with Crippen LogP contribution in [0, 0.1) is 6.92 Å². The normalized spacial score (nSPS) is 13.0. The van der Waals surface area contributed by atoms with E-state index >= 15 is 0 Å². The zero-order valence-electron chi connectivity index (χ0n) is 8.53. The third-order valence-electron chi connectivity index (χ3n) is 2.15. The van der Waals surface area contributed by atoms with E-state index in [2.05, 4.69) is 38.4 Å². The quantitative estimate of drug-likeness (QED) is 0.802. The summed E-state index contributed by atoms with van der Waals surface area (Å²) >= 11 is 5.13. The SMILES string of the molecule is CCC(Br)c1nnc(-c2cscc2C)o1. The van der Waals surface area contributed by atoms with Crippen molar-refractivity contribution in [1.82, 2.24) is 10.2 Å². The molecule has 3 nitrogen and oxygen atoms in total. The predicted octanol–water partition coefficient (Wildman–Crippen LogP) is 3.95. The number of aryl methyl sites for hydroxylation is 1.